The second-order valence-corrected chi connectivity index (χ2v) is 5.85. The molecule has 1 fully saturated rings. The SMILES string of the molecule is CCc1ccccc1N1CC(C(=O)Nc2ccc(N)nc2)CC1=O. The van der Waals surface area contributed by atoms with E-state index < -0.39 is 0 Å². The number of carbonyl (C=O) groups excluding carboxylic acids is 2. The molecular weight excluding hydrogens is 304 g/mol. The molecule has 1 unspecified atom stereocenters. The van der Waals surface area contributed by atoms with Crippen LogP contribution in [0.2, 0.25) is 0 Å². The zero-order valence-electron chi connectivity index (χ0n) is 13.5. The Balaban J connectivity index is 1.72. The highest BCUT2D eigenvalue weighted by molar-refractivity contribution is 6.03. The van der Waals surface area contributed by atoms with Crippen molar-refractivity contribution in [3.8, 4) is 0 Å². The number of para-hydroxylation sites is 1. The molecule has 6 heteroatoms. The third kappa shape index (κ3) is 3.22. The van der Waals surface area contributed by atoms with Crippen LogP contribution >= 0.6 is 0 Å². The van der Waals surface area contributed by atoms with Crippen molar-refractivity contribution >= 4 is 29.0 Å². The molecule has 0 spiro atoms. The minimum Gasteiger partial charge on any atom is -0.384 e. The Morgan fingerprint density at radius 2 is 2.12 bits per heavy atom. The molecule has 1 aromatic heterocycles. The van der Waals surface area contributed by atoms with Crippen LogP contribution in [0, 0.1) is 5.92 Å². The first-order valence-corrected chi connectivity index (χ1v) is 7.99. The molecule has 2 amide bonds. The Kier molecular flexibility index (Phi) is 4.46. The van der Waals surface area contributed by atoms with Crippen molar-refractivity contribution in [2.45, 2.75) is 19.8 Å². The molecule has 0 radical (unpaired) electrons. The number of aryl methyl sites for hydroxylation is 1. The predicted octanol–water partition coefficient (Wildman–Crippen LogP) is 2.22. The topological polar surface area (TPSA) is 88.3 Å². The number of hydrogen-bond acceptors (Lipinski definition) is 4. The fourth-order valence-electron chi connectivity index (χ4n) is 2.91. The van der Waals surface area contributed by atoms with Crippen LogP contribution in [0.4, 0.5) is 17.2 Å². The van der Waals surface area contributed by atoms with Gasteiger partial charge >= 0.3 is 0 Å². The average Bonchev–Trinajstić information content (AvgIpc) is 2.98. The quantitative estimate of drug-likeness (QED) is 0.902. The van der Waals surface area contributed by atoms with Crippen molar-refractivity contribution in [2.75, 3.05) is 22.5 Å². The molecule has 0 saturated carbocycles. The highest BCUT2D eigenvalue weighted by Crippen LogP contribution is 2.29. The van der Waals surface area contributed by atoms with Gasteiger partial charge in [0.15, 0.2) is 0 Å². The predicted molar refractivity (Wildman–Crippen MR) is 93.6 cm³/mol. The number of nitrogens with zero attached hydrogens (tertiary/aromatic N) is 2. The number of benzene rings is 1. The lowest BCUT2D eigenvalue weighted by Gasteiger charge is -2.20. The van der Waals surface area contributed by atoms with Crippen LogP contribution < -0.4 is 16.0 Å². The highest BCUT2D eigenvalue weighted by Gasteiger charge is 2.35. The van der Waals surface area contributed by atoms with Gasteiger partial charge in [0.25, 0.3) is 0 Å². The van der Waals surface area contributed by atoms with E-state index in [0.29, 0.717) is 18.1 Å². The third-order valence-corrected chi connectivity index (χ3v) is 4.21. The molecule has 124 valence electrons. The zero-order valence-corrected chi connectivity index (χ0v) is 13.5. The lowest BCUT2D eigenvalue weighted by molar-refractivity contribution is -0.122. The summed E-state index contributed by atoms with van der Waals surface area (Å²) < 4.78 is 0. The first-order valence-electron chi connectivity index (χ1n) is 7.99. The van der Waals surface area contributed by atoms with Crippen molar-refractivity contribution in [1.82, 2.24) is 4.98 Å². The summed E-state index contributed by atoms with van der Waals surface area (Å²) in [6.45, 7) is 2.45. The molecule has 24 heavy (non-hydrogen) atoms. The summed E-state index contributed by atoms with van der Waals surface area (Å²) >= 11 is 0. The maximum atomic E-state index is 12.4. The van der Waals surface area contributed by atoms with Crippen LogP contribution in [0.5, 0.6) is 0 Å². The van der Waals surface area contributed by atoms with E-state index in [9.17, 15) is 9.59 Å². The van der Waals surface area contributed by atoms with Gasteiger partial charge in [0.2, 0.25) is 11.8 Å². The number of nitrogens with two attached hydrogens (primary N) is 1. The van der Waals surface area contributed by atoms with Gasteiger partial charge in [0, 0.05) is 18.7 Å². The van der Waals surface area contributed by atoms with Gasteiger partial charge in [-0.1, -0.05) is 25.1 Å². The van der Waals surface area contributed by atoms with Gasteiger partial charge in [-0.15, -0.1) is 0 Å². The molecule has 1 aliphatic heterocycles. The van der Waals surface area contributed by atoms with Gasteiger partial charge < -0.3 is 16.0 Å². The number of nitrogen functional groups attached to an aromatic ring is 1. The van der Waals surface area contributed by atoms with E-state index in [1.54, 1.807) is 17.0 Å². The van der Waals surface area contributed by atoms with Crippen LogP contribution in [0.25, 0.3) is 0 Å². The lowest BCUT2D eigenvalue weighted by atomic mass is 10.1. The highest BCUT2D eigenvalue weighted by atomic mass is 16.2. The van der Waals surface area contributed by atoms with Crippen LogP contribution in [-0.4, -0.2) is 23.3 Å². The van der Waals surface area contributed by atoms with Crippen LogP contribution in [0.1, 0.15) is 18.9 Å². The minimum atomic E-state index is -0.375. The van der Waals surface area contributed by atoms with Gasteiger partial charge in [-0.05, 0) is 30.2 Å². The molecule has 6 nitrogen and oxygen atoms in total. The number of pyridine rings is 1. The van der Waals surface area contributed by atoms with Crippen molar-refractivity contribution < 1.29 is 9.59 Å². The van der Waals surface area contributed by atoms with E-state index >= 15 is 0 Å². The molecule has 0 aliphatic carbocycles. The zero-order chi connectivity index (χ0) is 17.1. The first-order chi connectivity index (χ1) is 11.6. The van der Waals surface area contributed by atoms with Crippen LogP contribution in [-0.2, 0) is 16.0 Å². The Bertz CT molecular complexity index is 758. The van der Waals surface area contributed by atoms with E-state index in [0.717, 1.165) is 17.7 Å². The van der Waals surface area contributed by atoms with Gasteiger partial charge in [-0.3, -0.25) is 9.59 Å². The summed E-state index contributed by atoms with van der Waals surface area (Å²) in [5.74, 6) is -0.177. The molecule has 3 N–H and O–H groups in total. The number of anilines is 3. The Hall–Kier alpha value is -2.89. The Morgan fingerprint density at radius 1 is 1.33 bits per heavy atom. The number of amides is 2. The van der Waals surface area contributed by atoms with Gasteiger partial charge in [0.1, 0.15) is 5.82 Å². The van der Waals surface area contributed by atoms with E-state index in [1.807, 2.05) is 24.3 Å². The monoisotopic (exact) mass is 324 g/mol. The van der Waals surface area contributed by atoms with Gasteiger partial charge in [-0.2, -0.15) is 0 Å². The van der Waals surface area contributed by atoms with Crippen molar-refractivity contribution in [3.63, 3.8) is 0 Å². The summed E-state index contributed by atoms with van der Waals surface area (Å²) in [4.78, 5) is 30.5. The maximum Gasteiger partial charge on any atom is 0.229 e. The molecule has 1 saturated heterocycles. The fraction of sp³-hybridized carbons (Fsp3) is 0.278. The molecule has 0 bridgehead atoms. The maximum absolute atomic E-state index is 12.4. The largest absolute Gasteiger partial charge is 0.384 e. The molecule has 1 aromatic carbocycles. The standard InChI is InChI=1S/C18H20N4O2/c1-2-12-5-3-4-6-15(12)22-11-13(9-17(22)23)18(24)21-14-7-8-16(19)20-10-14/h3-8,10,13H,2,9,11H2,1H3,(H2,19,20)(H,21,24). The number of aromatic nitrogens is 1. The normalized spacial score (nSPS) is 17.1. The average molecular weight is 324 g/mol. The first kappa shape index (κ1) is 16.0. The van der Waals surface area contributed by atoms with Crippen molar-refractivity contribution in [2.24, 2.45) is 5.92 Å². The van der Waals surface area contributed by atoms with E-state index in [-0.39, 0.29) is 24.2 Å². The summed E-state index contributed by atoms with van der Waals surface area (Å²) in [6, 6.07) is 11.1. The second kappa shape index (κ2) is 6.70. The lowest BCUT2D eigenvalue weighted by Crippen LogP contribution is -2.28. The van der Waals surface area contributed by atoms with E-state index in [2.05, 4.69) is 17.2 Å². The summed E-state index contributed by atoms with van der Waals surface area (Å²) in [5, 5.41) is 2.80. The molecule has 1 atom stereocenters. The smallest absolute Gasteiger partial charge is 0.229 e. The molecule has 1 aliphatic rings. The van der Waals surface area contributed by atoms with Gasteiger partial charge in [-0.25, -0.2) is 4.98 Å². The van der Waals surface area contributed by atoms with E-state index in [4.69, 9.17) is 5.73 Å². The third-order valence-electron chi connectivity index (χ3n) is 4.21. The van der Waals surface area contributed by atoms with Crippen LogP contribution in [0.15, 0.2) is 42.6 Å². The van der Waals surface area contributed by atoms with Crippen molar-refractivity contribution in [1.29, 1.82) is 0 Å². The molecule has 2 heterocycles. The van der Waals surface area contributed by atoms with Gasteiger partial charge in [0.05, 0.1) is 17.8 Å². The second-order valence-electron chi connectivity index (χ2n) is 5.85. The fourth-order valence-corrected chi connectivity index (χ4v) is 2.91. The number of rotatable bonds is 4. The summed E-state index contributed by atoms with van der Waals surface area (Å²) in [6.07, 6.45) is 2.56. The van der Waals surface area contributed by atoms with Crippen molar-refractivity contribution in [3.05, 3.63) is 48.2 Å². The molecule has 3 rings (SSSR count). The molecule has 2 aromatic rings. The summed E-state index contributed by atoms with van der Waals surface area (Å²) in [7, 11) is 0. The number of hydrogen-bond donors (Lipinski definition) is 2. The Morgan fingerprint density at radius 3 is 2.83 bits per heavy atom. The number of nitrogens with one attached hydrogen (secondary N) is 1. The Labute approximate surface area is 140 Å². The molecular formula is C18H20N4O2. The van der Waals surface area contributed by atoms with E-state index in [1.165, 1.54) is 6.20 Å². The number of carbonyl (C=O) groups is 2. The van der Waals surface area contributed by atoms with Crippen LogP contribution in [0.3, 0.4) is 0 Å². The minimum absolute atomic E-state index is 0.0218. The summed E-state index contributed by atoms with van der Waals surface area (Å²) in [5.41, 5.74) is 8.11.